The molecule has 0 aromatic heterocycles. The Morgan fingerprint density at radius 3 is 2.33 bits per heavy atom. The first-order chi connectivity index (χ1) is 11.5. The molecule has 0 aliphatic heterocycles. The van der Waals surface area contributed by atoms with Crippen molar-refractivity contribution >= 4 is 17.6 Å². The Balaban J connectivity index is 2.09. The molecule has 7 nitrogen and oxygen atoms in total. The topological polar surface area (TPSA) is 110 Å². The molecule has 0 bridgehead atoms. The van der Waals surface area contributed by atoms with E-state index in [1.165, 1.54) is 18.2 Å². The zero-order chi connectivity index (χ0) is 17.5. The number of para-hydroxylation sites is 1. The van der Waals surface area contributed by atoms with Crippen LogP contribution in [-0.4, -0.2) is 27.9 Å². The summed E-state index contributed by atoms with van der Waals surface area (Å²) in [6.45, 7) is 0. The molecule has 2 rings (SSSR count). The molecule has 2 aromatic carbocycles. The van der Waals surface area contributed by atoms with E-state index < -0.39 is 22.8 Å². The number of rotatable bonds is 7. The van der Waals surface area contributed by atoms with Gasteiger partial charge < -0.3 is 10.4 Å². The molecule has 124 valence electrons. The highest BCUT2D eigenvalue weighted by Crippen LogP contribution is 2.19. The van der Waals surface area contributed by atoms with Gasteiger partial charge in [-0.15, -0.1) is 0 Å². The van der Waals surface area contributed by atoms with Crippen LogP contribution in [0, 0.1) is 10.1 Å². The van der Waals surface area contributed by atoms with Crippen LogP contribution in [0.3, 0.4) is 0 Å². The van der Waals surface area contributed by atoms with Gasteiger partial charge in [-0.05, 0) is 5.56 Å². The van der Waals surface area contributed by atoms with Crippen LogP contribution in [0.25, 0.3) is 0 Å². The van der Waals surface area contributed by atoms with Gasteiger partial charge in [0.15, 0.2) is 0 Å². The van der Waals surface area contributed by atoms with Crippen LogP contribution in [0.4, 0.5) is 5.69 Å². The summed E-state index contributed by atoms with van der Waals surface area (Å²) in [5, 5.41) is 22.7. The third kappa shape index (κ3) is 4.64. The number of nitrogens with zero attached hydrogens (tertiary/aromatic N) is 1. The Kier molecular flexibility index (Phi) is 5.62. The molecular formula is C17H16N2O5. The molecule has 1 amide bonds. The molecule has 2 N–H and O–H groups in total. The van der Waals surface area contributed by atoms with Crippen LogP contribution in [-0.2, 0) is 22.4 Å². The van der Waals surface area contributed by atoms with Gasteiger partial charge >= 0.3 is 5.97 Å². The zero-order valence-corrected chi connectivity index (χ0v) is 12.7. The van der Waals surface area contributed by atoms with E-state index in [9.17, 15) is 24.8 Å². The number of carboxylic acid groups (broad SMARTS) is 1. The summed E-state index contributed by atoms with van der Waals surface area (Å²) in [7, 11) is 0. The Morgan fingerprint density at radius 1 is 1.08 bits per heavy atom. The van der Waals surface area contributed by atoms with Crippen molar-refractivity contribution in [1.29, 1.82) is 0 Å². The molecular weight excluding hydrogens is 312 g/mol. The average Bonchev–Trinajstić information content (AvgIpc) is 2.55. The maximum atomic E-state index is 12.0. The third-order valence-electron chi connectivity index (χ3n) is 3.45. The smallest absolute Gasteiger partial charge is 0.326 e. The Morgan fingerprint density at radius 2 is 1.71 bits per heavy atom. The third-order valence-corrected chi connectivity index (χ3v) is 3.45. The summed E-state index contributed by atoms with van der Waals surface area (Å²) >= 11 is 0. The summed E-state index contributed by atoms with van der Waals surface area (Å²) in [6.07, 6.45) is -0.117. The maximum absolute atomic E-state index is 12.0. The highest BCUT2D eigenvalue weighted by atomic mass is 16.6. The summed E-state index contributed by atoms with van der Waals surface area (Å²) in [5.41, 5.74) is 0.848. The number of hydrogen-bond donors (Lipinski definition) is 2. The lowest BCUT2D eigenvalue weighted by atomic mass is 10.0. The van der Waals surface area contributed by atoms with Crippen LogP contribution in [0.5, 0.6) is 0 Å². The fourth-order valence-electron chi connectivity index (χ4n) is 2.31. The number of carboxylic acids is 1. The first kappa shape index (κ1) is 17.1. The Labute approximate surface area is 138 Å². The molecule has 7 heteroatoms. The van der Waals surface area contributed by atoms with Crippen LogP contribution >= 0.6 is 0 Å². The zero-order valence-electron chi connectivity index (χ0n) is 12.7. The molecule has 1 atom stereocenters. The van der Waals surface area contributed by atoms with Crippen molar-refractivity contribution in [1.82, 2.24) is 5.32 Å². The molecule has 0 unspecified atom stereocenters. The summed E-state index contributed by atoms with van der Waals surface area (Å²) in [4.78, 5) is 33.9. The van der Waals surface area contributed by atoms with E-state index in [2.05, 4.69) is 5.32 Å². The van der Waals surface area contributed by atoms with E-state index in [1.54, 1.807) is 30.3 Å². The number of nitro benzene ring substituents is 1. The second-order valence-corrected chi connectivity index (χ2v) is 5.21. The lowest BCUT2D eigenvalue weighted by molar-refractivity contribution is -0.385. The largest absolute Gasteiger partial charge is 0.480 e. The highest BCUT2D eigenvalue weighted by molar-refractivity contribution is 5.85. The van der Waals surface area contributed by atoms with E-state index in [0.29, 0.717) is 0 Å². The second kappa shape index (κ2) is 7.87. The number of hydrogen-bond acceptors (Lipinski definition) is 4. The molecule has 24 heavy (non-hydrogen) atoms. The summed E-state index contributed by atoms with van der Waals surface area (Å²) < 4.78 is 0. The minimum absolute atomic E-state index is 0.0432. The Bertz CT molecular complexity index is 746. The van der Waals surface area contributed by atoms with Crippen molar-refractivity contribution in [3.8, 4) is 0 Å². The van der Waals surface area contributed by atoms with Gasteiger partial charge in [0.2, 0.25) is 5.91 Å². The van der Waals surface area contributed by atoms with Gasteiger partial charge in [0.1, 0.15) is 6.04 Å². The highest BCUT2D eigenvalue weighted by Gasteiger charge is 2.24. The van der Waals surface area contributed by atoms with Crippen molar-refractivity contribution < 1.29 is 19.6 Å². The SMILES string of the molecule is O=C(Cc1ccccc1)N[C@@H](Cc1ccccc1[N+](=O)[O-])C(=O)O. The molecule has 0 radical (unpaired) electrons. The lowest BCUT2D eigenvalue weighted by Crippen LogP contribution is -2.43. The van der Waals surface area contributed by atoms with Crippen LogP contribution < -0.4 is 5.32 Å². The Hall–Kier alpha value is -3.22. The van der Waals surface area contributed by atoms with Gasteiger partial charge in [0.25, 0.3) is 5.69 Å². The fourth-order valence-corrected chi connectivity index (χ4v) is 2.31. The number of nitro groups is 1. The minimum atomic E-state index is -1.24. The van der Waals surface area contributed by atoms with Gasteiger partial charge in [0.05, 0.1) is 11.3 Å². The standard InChI is InChI=1S/C17H16N2O5/c20-16(10-12-6-2-1-3-7-12)18-14(17(21)22)11-13-8-4-5-9-15(13)19(23)24/h1-9,14H,10-11H2,(H,18,20)(H,21,22)/t14-/m0/s1. The van der Waals surface area contributed by atoms with Crippen molar-refractivity contribution in [2.75, 3.05) is 0 Å². The molecule has 0 heterocycles. The van der Waals surface area contributed by atoms with Gasteiger partial charge in [-0.25, -0.2) is 4.79 Å². The molecule has 0 aliphatic rings. The van der Waals surface area contributed by atoms with Crippen molar-refractivity contribution in [2.24, 2.45) is 0 Å². The molecule has 0 aliphatic carbocycles. The number of nitrogens with one attached hydrogen (secondary N) is 1. The first-order valence-corrected chi connectivity index (χ1v) is 7.25. The number of amides is 1. The van der Waals surface area contributed by atoms with Crippen molar-refractivity contribution in [3.63, 3.8) is 0 Å². The predicted octanol–water partition coefficient (Wildman–Crippen LogP) is 1.95. The maximum Gasteiger partial charge on any atom is 0.326 e. The van der Waals surface area contributed by atoms with E-state index >= 15 is 0 Å². The van der Waals surface area contributed by atoms with E-state index in [1.807, 2.05) is 6.07 Å². The van der Waals surface area contributed by atoms with Gasteiger partial charge in [0, 0.05) is 18.1 Å². The van der Waals surface area contributed by atoms with E-state index in [-0.39, 0.29) is 24.1 Å². The lowest BCUT2D eigenvalue weighted by Gasteiger charge is -2.14. The summed E-state index contributed by atoms with van der Waals surface area (Å²) in [5.74, 6) is -1.69. The van der Waals surface area contributed by atoms with Gasteiger partial charge in [-0.2, -0.15) is 0 Å². The number of aliphatic carboxylic acids is 1. The van der Waals surface area contributed by atoms with Crippen LogP contribution in [0.1, 0.15) is 11.1 Å². The molecule has 0 saturated heterocycles. The van der Waals surface area contributed by atoms with Crippen molar-refractivity contribution in [3.05, 3.63) is 75.8 Å². The van der Waals surface area contributed by atoms with Crippen LogP contribution in [0.15, 0.2) is 54.6 Å². The summed E-state index contributed by atoms with van der Waals surface area (Å²) in [6, 6.07) is 13.6. The number of carbonyl (C=O) groups excluding carboxylic acids is 1. The average molecular weight is 328 g/mol. The minimum Gasteiger partial charge on any atom is -0.480 e. The molecule has 0 saturated carbocycles. The number of carbonyl (C=O) groups is 2. The first-order valence-electron chi connectivity index (χ1n) is 7.25. The van der Waals surface area contributed by atoms with E-state index in [0.717, 1.165) is 5.56 Å². The second-order valence-electron chi connectivity index (χ2n) is 5.21. The van der Waals surface area contributed by atoms with Crippen LogP contribution in [0.2, 0.25) is 0 Å². The quantitative estimate of drug-likeness (QED) is 0.596. The molecule has 0 fully saturated rings. The van der Waals surface area contributed by atoms with Crippen molar-refractivity contribution in [2.45, 2.75) is 18.9 Å². The number of benzene rings is 2. The monoisotopic (exact) mass is 328 g/mol. The molecule has 0 spiro atoms. The normalized spacial score (nSPS) is 11.5. The van der Waals surface area contributed by atoms with Gasteiger partial charge in [-0.3, -0.25) is 14.9 Å². The van der Waals surface area contributed by atoms with E-state index in [4.69, 9.17) is 0 Å². The molecule has 2 aromatic rings. The predicted molar refractivity (Wildman–Crippen MR) is 86.5 cm³/mol. The fraction of sp³-hybridized carbons (Fsp3) is 0.176. The van der Waals surface area contributed by atoms with Gasteiger partial charge in [-0.1, -0.05) is 48.5 Å².